The van der Waals surface area contributed by atoms with Gasteiger partial charge in [0.05, 0.1) is 31.3 Å². The average molecular weight is 431 g/mol. The predicted molar refractivity (Wildman–Crippen MR) is 104 cm³/mol. The minimum absolute atomic E-state index is 0.0732. The van der Waals surface area contributed by atoms with Gasteiger partial charge in [-0.05, 0) is 32.4 Å². The van der Waals surface area contributed by atoms with Gasteiger partial charge < -0.3 is 24.1 Å². The van der Waals surface area contributed by atoms with Gasteiger partial charge in [0.25, 0.3) is 10.1 Å². The monoisotopic (exact) mass is 430 g/mol. The van der Waals surface area contributed by atoms with E-state index in [1.807, 2.05) is 13.8 Å². The summed E-state index contributed by atoms with van der Waals surface area (Å²) in [7, 11) is -3.96. The molecular formula is C20H30O8S. The van der Waals surface area contributed by atoms with Crippen molar-refractivity contribution >= 4 is 10.1 Å². The van der Waals surface area contributed by atoms with Crippen LogP contribution in [-0.4, -0.2) is 63.7 Å². The molecule has 164 valence electrons. The first-order chi connectivity index (χ1) is 13.6. The molecule has 1 aromatic carbocycles. The molecule has 8 nitrogen and oxygen atoms in total. The average Bonchev–Trinajstić information content (AvgIpc) is 3.36. The molecule has 0 aliphatic carbocycles. The molecule has 2 fully saturated rings. The van der Waals surface area contributed by atoms with Crippen molar-refractivity contribution < 1.29 is 36.7 Å². The number of aliphatic hydroxyl groups is 1. The molecule has 0 bridgehead atoms. The fourth-order valence-electron chi connectivity index (χ4n) is 3.54. The molecule has 3 rings (SSSR count). The Balaban J connectivity index is 1.71. The van der Waals surface area contributed by atoms with E-state index in [4.69, 9.17) is 23.1 Å². The van der Waals surface area contributed by atoms with Crippen LogP contribution in [0.25, 0.3) is 0 Å². The lowest BCUT2D eigenvalue weighted by Gasteiger charge is -2.41. The summed E-state index contributed by atoms with van der Waals surface area (Å²) in [5, 5.41) is 10.8. The lowest BCUT2D eigenvalue weighted by atomic mass is 9.87. The summed E-state index contributed by atoms with van der Waals surface area (Å²) in [6.07, 6.45) is 0.939. The molecule has 2 aliphatic heterocycles. The van der Waals surface area contributed by atoms with Gasteiger partial charge in [-0.3, -0.25) is 4.18 Å². The first-order valence-electron chi connectivity index (χ1n) is 9.88. The molecule has 1 aromatic rings. The minimum Gasteiger partial charge on any atom is -0.385 e. The summed E-state index contributed by atoms with van der Waals surface area (Å²) in [5.41, 5.74) is -0.259. The summed E-state index contributed by atoms with van der Waals surface area (Å²) in [5.74, 6) is -2.44. The predicted octanol–water partition coefficient (Wildman–Crippen LogP) is 2.13. The third-order valence-electron chi connectivity index (χ3n) is 5.66. The number of ether oxygens (including phenoxy) is 4. The summed E-state index contributed by atoms with van der Waals surface area (Å²) in [6.45, 7) is 6.50. The Hall–Kier alpha value is -1.07. The van der Waals surface area contributed by atoms with Crippen LogP contribution in [0.15, 0.2) is 29.2 Å². The van der Waals surface area contributed by atoms with E-state index in [0.717, 1.165) is 5.56 Å². The second kappa shape index (κ2) is 8.58. The maximum Gasteiger partial charge on any atom is 0.297 e. The fourth-order valence-corrected chi connectivity index (χ4v) is 4.48. The molecule has 1 unspecified atom stereocenters. The highest BCUT2D eigenvalue weighted by molar-refractivity contribution is 7.86. The van der Waals surface area contributed by atoms with Crippen molar-refractivity contribution in [3.63, 3.8) is 0 Å². The van der Waals surface area contributed by atoms with E-state index in [1.54, 1.807) is 19.1 Å². The van der Waals surface area contributed by atoms with Crippen LogP contribution in [0.1, 0.15) is 38.7 Å². The van der Waals surface area contributed by atoms with Gasteiger partial charge in [0.15, 0.2) is 11.6 Å². The van der Waals surface area contributed by atoms with E-state index in [1.165, 1.54) is 12.1 Å². The first-order valence-corrected chi connectivity index (χ1v) is 11.3. The van der Waals surface area contributed by atoms with E-state index >= 15 is 0 Å². The molecule has 2 aliphatic rings. The molecule has 9 heteroatoms. The van der Waals surface area contributed by atoms with Crippen molar-refractivity contribution in [2.24, 2.45) is 0 Å². The number of aryl methyl sites for hydroxylation is 1. The largest absolute Gasteiger partial charge is 0.385 e. The van der Waals surface area contributed by atoms with Gasteiger partial charge in [0.2, 0.25) is 0 Å². The van der Waals surface area contributed by atoms with Gasteiger partial charge >= 0.3 is 0 Å². The molecule has 0 amide bonds. The maximum absolute atomic E-state index is 12.5. The van der Waals surface area contributed by atoms with E-state index in [2.05, 4.69) is 0 Å². The van der Waals surface area contributed by atoms with Crippen LogP contribution in [0, 0.1) is 6.92 Å². The van der Waals surface area contributed by atoms with E-state index in [-0.39, 0.29) is 24.3 Å². The molecule has 1 N–H and O–H groups in total. The Kier molecular flexibility index (Phi) is 6.69. The van der Waals surface area contributed by atoms with Gasteiger partial charge in [0.1, 0.15) is 12.2 Å². The molecule has 2 heterocycles. The van der Waals surface area contributed by atoms with Gasteiger partial charge in [-0.25, -0.2) is 0 Å². The smallest absolute Gasteiger partial charge is 0.297 e. The highest BCUT2D eigenvalue weighted by Crippen LogP contribution is 2.41. The highest BCUT2D eigenvalue weighted by Gasteiger charge is 2.53. The lowest BCUT2D eigenvalue weighted by Crippen LogP contribution is -2.54. The van der Waals surface area contributed by atoms with Crippen molar-refractivity contribution in [3.05, 3.63) is 29.8 Å². The second-order valence-corrected chi connectivity index (χ2v) is 9.33. The Labute approximate surface area is 172 Å². The third-order valence-corrected chi connectivity index (χ3v) is 6.93. The normalized spacial score (nSPS) is 23.2. The van der Waals surface area contributed by atoms with Crippen LogP contribution in [0.2, 0.25) is 0 Å². The molecular weight excluding hydrogens is 400 g/mol. The van der Waals surface area contributed by atoms with Crippen molar-refractivity contribution in [2.75, 3.05) is 33.0 Å². The molecule has 0 spiro atoms. The Bertz CT molecular complexity index is 775. The number of benzene rings is 1. The number of rotatable bonds is 9. The summed E-state index contributed by atoms with van der Waals surface area (Å²) >= 11 is 0. The van der Waals surface area contributed by atoms with E-state index < -0.39 is 27.3 Å². The van der Waals surface area contributed by atoms with Crippen LogP contribution in [-0.2, 0) is 33.2 Å². The molecule has 2 saturated heterocycles. The second-order valence-electron chi connectivity index (χ2n) is 7.71. The topological polar surface area (TPSA) is 101 Å². The Morgan fingerprint density at radius 1 is 1.03 bits per heavy atom. The van der Waals surface area contributed by atoms with Crippen LogP contribution >= 0.6 is 0 Å². The molecule has 29 heavy (non-hydrogen) atoms. The molecule has 0 radical (unpaired) electrons. The Morgan fingerprint density at radius 3 is 2.14 bits per heavy atom. The number of hydrogen-bond acceptors (Lipinski definition) is 8. The molecule has 1 atom stereocenters. The van der Waals surface area contributed by atoms with Crippen molar-refractivity contribution in [2.45, 2.75) is 62.1 Å². The zero-order chi connectivity index (χ0) is 21.2. The van der Waals surface area contributed by atoms with Crippen molar-refractivity contribution in [3.8, 4) is 0 Å². The summed E-state index contributed by atoms with van der Waals surface area (Å²) < 4.78 is 53.4. The molecule has 0 saturated carbocycles. The van der Waals surface area contributed by atoms with Crippen LogP contribution in [0.4, 0.5) is 0 Å². The van der Waals surface area contributed by atoms with Crippen molar-refractivity contribution in [1.82, 2.24) is 0 Å². The first kappa shape index (κ1) is 22.6. The van der Waals surface area contributed by atoms with Crippen LogP contribution in [0.5, 0.6) is 0 Å². The quantitative estimate of drug-likeness (QED) is 0.595. The van der Waals surface area contributed by atoms with Gasteiger partial charge in [0, 0.05) is 12.8 Å². The van der Waals surface area contributed by atoms with Gasteiger partial charge in [-0.15, -0.1) is 0 Å². The van der Waals surface area contributed by atoms with Gasteiger partial charge in [-0.1, -0.05) is 24.6 Å². The van der Waals surface area contributed by atoms with E-state index in [0.29, 0.717) is 32.8 Å². The Morgan fingerprint density at radius 2 is 1.59 bits per heavy atom. The standard InChI is InChI=1S/C20H30O8S/c1-4-18(3,21)20(26-13-14-27-20)10-9-19(24-11-12-25-19)15-28-29(22,23)17-7-5-16(2)6-8-17/h5-8,21H,4,9-15H2,1-3H3. The zero-order valence-electron chi connectivity index (χ0n) is 17.2. The molecule has 0 aromatic heterocycles. The van der Waals surface area contributed by atoms with Crippen molar-refractivity contribution in [1.29, 1.82) is 0 Å². The maximum atomic E-state index is 12.5. The zero-order valence-corrected chi connectivity index (χ0v) is 18.0. The van der Waals surface area contributed by atoms with Gasteiger partial charge in [-0.2, -0.15) is 8.42 Å². The minimum atomic E-state index is -3.96. The summed E-state index contributed by atoms with van der Waals surface area (Å²) in [6, 6.07) is 6.42. The fraction of sp³-hybridized carbons (Fsp3) is 0.700. The lowest BCUT2D eigenvalue weighted by molar-refractivity contribution is -0.280. The van der Waals surface area contributed by atoms with E-state index in [9.17, 15) is 13.5 Å². The summed E-state index contributed by atoms with van der Waals surface area (Å²) in [4.78, 5) is 0.0732. The SMILES string of the molecule is CCC(C)(O)C1(CCC2(COS(=O)(=O)c3ccc(C)cc3)OCCO2)OCCO1. The number of hydrogen-bond donors (Lipinski definition) is 1. The highest BCUT2D eigenvalue weighted by atomic mass is 32.2. The third kappa shape index (κ3) is 4.82. The van der Waals surface area contributed by atoms with Crippen LogP contribution < -0.4 is 0 Å². The van der Waals surface area contributed by atoms with Crippen LogP contribution in [0.3, 0.4) is 0 Å².